The molecule has 0 saturated heterocycles. The summed E-state index contributed by atoms with van der Waals surface area (Å²) in [5.41, 5.74) is -1.53. The van der Waals surface area contributed by atoms with Crippen LogP contribution < -0.4 is 4.72 Å². The lowest BCUT2D eigenvalue weighted by molar-refractivity contribution is -0.387. The highest BCUT2D eigenvalue weighted by molar-refractivity contribution is 8.13. The zero-order valence-electron chi connectivity index (χ0n) is 22.1. The molecule has 3 aromatic carbocycles. The normalized spacial score (nSPS) is 10.8. The average molecular weight is 694 g/mol. The van der Waals surface area contributed by atoms with E-state index in [1.165, 1.54) is 25.3 Å². The number of benzene rings is 3. The highest BCUT2D eigenvalue weighted by atomic mass is 35.7. The van der Waals surface area contributed by atoms with Crippen molar-refractivity contribution in [3.8, 4) is 11.8 Å². The average Bonchev–Trinajstić information content (AvgIpc) is 2.93. The Labute approximate surface area is 258 Å². The highest BCUT2D eigenvalue weighted by Crippen LogP contribution is 2.26. The number of sulfonamides is 1. The Balaban J connectivity index is 0.000000402. The van der Waals surface area contributed by atoms with Crippen LogP contribution in [0.2, 0.25) is 5.02 Å². The minimum atomic E-state index is -4.26. The Bertz CT molecular complexity index is 1880. The predicted octanol–water partition coefficient (Wildman–Crippen LogP) is 5.54. The van der Waals surface area contributed by atoms with Gasteiger partial charge in [0.2, 0.25) is 11.6 Å². The lowest BCUT2D eigenvalue weighted by atomic mass is 10.1. The van der Waals surface area contributed by atoms with Crippen molar-refractivity contribution in [1.82, 2.24) is 0 Å². The monoisotopic (exact) mass is 693 g/mol. The summed E-state index contributed by atoms with van der Waals surface area (Å²) in [6, 6.07) is 8.61. The molecule has 3 rings (SSSR count). The van der Waals surface area contributed by atoms with Crippen LogP contribution in [0.5, 0.6) is 0 Å². The van der Waals surface area contributed by atoms with Crippen LogP contribution in [0.15, 0.2) is 64.4 Å². The van der Waals surface area contributed by atoms with Crippen molar-refractivity contribution >= 4 is 64.4 Å². The van der Waals surface area contributed by atoms with Gasteiger partial charge in [0.15, 0.2) is 0 Å². The summed E-state index contributed by atoms with van der Waals surface area (Å²) in [5.74, 6) is 2.97. The van der Waals surface area contributed by atoms with Crippen molar-refractivity contribution in [3.63, 3.8) is 0 Å². The Morgan fingerprint density at radius 2 is 1.48 bits per heavy atom. The van der Waals surface area contributed by atoms with Crippen LogP contribution in [-0.4, -0.2) is 39.8 Å². The number of nitrogens with one attached hydrogen (secondary N) is 1. The number of rotatable bonds is 9. The summed E-state index contributed by atoms with van der Waals surface area (Å²) in [6.07, 6.45) is 1.02. The van der Waals surface area contributed by atoms with Crippen LogP contribution in [0.25, 0.3) is 0 Å². The van der Waals surface area contributed by atoms with Gasteiger partial charge < -0.3 is 4.74 Å². The first-order valence-corrected chi connectivity index (χ1v) is 15.8. The maximum atomic E-state index is 13.5. The Morgan fingerprint density at radius 3 is 2.00 bits per heavy atom. The molecule has 44 heavy (non-hydrogen) atoms. The number of nitrogens with zero attached hydrogens (tertiary/aromatic N) is 2. The van der Waals surface area contributed by atoms with E-state index < -0.39 is 61.7 Å². The van der Waals surface area contributed by atoms with E-state index in [0.29, 0.717) is 42.1 Å². The van der Waals surface area contributed by atoms with Gasteiger partial charge in [-0.05, 0) is 48.9 Å². The number of methoxy groups -OCH3 is 1. The minimum absolute atomic E-state index is 0.0897. The van der Waals surface area contributed by atoms with E-state index in [0.717, 1.165) is 12.1 Å². The number of carbonyl (C=O) groups excluding carboxylic acids is 1. The topological polar surface area (TPSA) is 193 Å². The van der Waals surface area contributed by atoms with E-state index in [4.69, 9.17) is 22.3 Å². The summed E-state index contributed by atoms with van der Waals surface area (Å²) in [7, 11) is -2.14. The van der Waals surface area contributed by atoms with Crippen LogP contribution in [0.4, 0.5) is 25.8 Å². The molecule has 0 saturated carbocycles. The van der Waals surface area contributed by atoms with Crippen LogP contribution in [0.1, 0.15) is 24.8 Å². The number of halogens is 4. The van der Waals surface area contributed by atoms with Gasteiger partial charge in [-0.1, -0.05) is 23.4 Å². The van der Waals surface area contributed by atoms with Gasteiger partial charge in [0, 0.05) is 40.7 Å². The quantitative estimate of drug-likeness (QED) is 0.0742. The van der Waals surface area contributed by atoms with Gasteiger partial charge in [0.1, 0.15) is 0 Å². The fraction of sp³-hybridized carbons (Fsp3) is 0.160. The molecule has 0 heterocycles. The van der Waals surface area contributed by atoms with Crippen LogP contribution in [-0.2, 0) is 28.6 Å². The van der Waals surface area contributed by atoms with Crippen molar-refractivity contribution < 1.29 is 45.0 Å². The number of ether oxygens (including phenoxy) is 1. The minimum Gasteiger partial charge on any atom is -0.469 e. The third-order valence-corrected chi connectivity index (χ3v) is 8.13. The molecule has 19 heteroatoms. The fourth-order valence-electron chi connectivity index (χ4n) is 3.08. The molecule has 0 aliphatic carbocycles. The summed E-state index contributed by atoms with van der Waals surface area (Å²) < 4.78 is 79.8. The molecule has 0 radical (unpaired) electrons. The van der Waals surface area contributed by atoms with Crippen LogP contribution in [0.3, 0.4) is 0 Å². The molecule has 0 aliphatic heterocycles. The molecular weight excluding hydrogens is 675 g/mol. The van der Waals surface area contributed by atoms with Crippen LogP contribution in [0, 0.1) is 43.7 Å². The second-order valence-electron chi connectivity index (χ2n) is 8.21. The zero-order chi connectivity index (χ0) is 33.2. The summed E-state index contributed by atoms with van der Waals surface area (Å²) >= 11 is 5.96. The second kappa shape index (κ2) is 15.4. The molecule has 13 nitrogen and oxygen atoms in total. The Kier molecular flexibility index (Phi) is 12.5. The van der Waals surface area contributed by atoms with Gasteiger partial charge in [-0.2, -0.15) is 8.78 Å². The maximum Gasteiger partial charge on any atom is 0.306 e. The van der Waals surface area contributed by atoms with E-state index in [-0.39, 0.29) is 23.6 Å². The first-order chi connectivity index (χ1) is 20.5. The van der Waals surface area contributed by atoms with Gasteiger partial charge in [-0.15, -0.1) is 0 Å². The van der Waals surface area contributed by atoms with Crippen LogP contribution >= 0.6 is 22.3 Å². The van der Waals surface area contributed by atoms with Crippen molar-refractivity contribution in [2.45, 2.75) is 29.1 Å². The first-order valence-electron chi connectivity index (χ1n) is 11.7. The standard InChI is InChI=1S/C19H16ClFN2O6S.C6H3ClFNO4S/c1-29-19(24)6-4-2-3-5-13-11-14(20)7-10-17(13)22-30(27,28)15-8-9-16(21)18(12-15)23(25)26;7-14(12,13)4-1-2-5(8)6(3-4)9(10)11/h7-12,22H,2,4,6H2,1H3;1-3H. The molecule has 0 aliphatic rings. The number of esters is 1. The number of hydrogen-bond donors (Lipinski definition) is 1. The van der Waals surface area contributed by atoms with Crippen molar-refractivity contribution in [1.29, 1.82) is 0 Å². The summed E-state index contributed by atoms with van der Waals surface area (Å²) in [5, 5.41) is 21.4. The Hall–Kier alpha value is -4.37. The van der Waals surface area contributed by atoms with Crippen molar-refractivity contribution in [3.05, 3.63) is 97.0 Å². The largest absolute Gasteiger partial charge is 0.469 e. The summed E-state index contributed by atoms with van der Waals surface area (Å²) in [4.78, 5) is 29.2. The highest BCUT2D eigenvalue weighted by Gasteiger charge is 2.23. The number of nitro benzene ring substituents is 2. The van der Waals surface area contributed by atoms with E-state index in [1.54, 1.807) is 0 Å². The van der Waals surface area contributed by atoms with E-state index in [2.05, 4.69) is 21.3 Å². The van der Waals surface area contributed by atoms with Gasteiger partial charge in [0.25, 0.3) is 19.1 Å². The lowest BCUT2D eigenvalue weighted by Crippen LogP contribution is -2.14. The molecule has 0 unspecified atom stereocenters. The zero-order valence-corrected chi connectivity index (χ0v) is 25.3. The smallest absolute Gasteiger partial charge is 0.306 e. The summed E-state index contributed by atoms with van der Waals surface area (Å²) in [6.45, 7) is 0. The molecular formula is C25H19Cl2F2N3O10S2. The van der Waals surface area contributed by atoms with E-state index in [1.807, 2.05) is 0 Å². The third kappa shape index (κ3) is 10.4. The number of hydrogen-bond acceptors (Lipinski definition) is 10. The number of anilines is 1. The lowest BCUT2D eigenvalue weighted by Gasteiger charge is -2.10. The molecule has 3 aromatic rings. The fourth-order valence-corrected chi connectivity index (χ4v) is 5.12. The number of nitro groups is 2. The molecule has 0 amide bonds. The molecule has 0 atom stereocenters. The SMILES string of the molecule is COC(=O)CCCC#Cc1cc(Cl)ccc1NS(=O)(=O)c1ccc(F)c([N+](=O)[O-])c1.O=[N+]([O-])c1cc(S(=O)(=O)Cl)ccc1F. The number of unbranched alkanes of at least 4 members (excludes halogenated alkanes) is 1. The van der Waals surface area contributed by atoms with Crippen molar-refractivity contribution in [2.75, 3.05) is 11.8 Å². The van der Waals surface area contributed by atoms with E-state index in [9.17, 15) is 50.6 Å². The molecule has 0 fully saturated rings. The molecule has 234 valence electrons. The van der Waals surface area contributed by atoms with Gasteiger partial charge >= 0.3 is 17.3 Å². The first kappa shape index (κ1) is 35.8. The third-order valence-electron chi connectivity index (χ3n) is 5.18. The van der Waals surface area contributed by atoms with Gasteiger partial charge in [-0.25, -0.2) is 16.8 Å². The van der Waals surface area contributed by atoms with E-state index >= 15 is 0 Å². The molecule has 0 bridgehead atoms. The molecule has 1 N–H and O–H groups in total. The number of carbonyl (C=O) groups is 1. The maximum absolute atomic E-state index is 13.5. The van der Waals surface area contributed by atoms with Gasteiger partial charge in [-0.3, -0.25) is 29.7 Å². The Morgan fingerprint density at radius 1 is 0.932 bits per heavy atom. The van der Waals surface area contributed by atoms with Gasteiger partial charge in [0.05, 0.1) is 38.0 Å². The van der Waals surface area contributed by atoms with Crippen molar-refractivity contribution in [2.24, 2.45) is 0 Å². The molecule has 0 spiro atoms. The second-order valence-corrected chi connectivity index (χ2v) is 12.9. The predicted molar refractivity (Wildman–Crippen MR) is 154 cm³/mol. The molecule has 0 aromatic heterocycles.